The van der Waals surface area contributed by atoms with Crippen LogP contribution in [-0.2, 0) is 19.6 Å². The molecule has 1 atom stereocenters. The van der Waals surface area contributed by atoms with Crippen LogP contribution in [0.3, 0.4) is 0 Å². The van der Waals surface area contributed by atoms with E-state index in [9.17, 15) is 18.0 Å². The Morgan fingerprint density at radius 1 is 1.57 bits per heavy atom. The van der Waals surface area contributed by atoms with Crippen LogP contribution in [0.1, 0.15) is 30.1 Å². The molecule has 1 aliphatic rings. The number of rotatable bonds is 5. The fourth-order valence-corrected chi connectivity index (χ4v) is 3.93. The van der Waals surface area contributed by atoms with Crippen LogP contribution in [0.4, 0.5) is 0 Å². The summed E-state index contributed by atoms with van der Waals surface area (Å²) in [5.41, 5.74) is -0.229. The summed E-state index contributed by atoms with van der Waals surface area (Å²) in [6.07, 6.45) is 1.73. The summed E-state index contributed by atoms with van der Waals surface area (Å²) in [5, 5.41) is 14.4. The van der Waals surface area contributed by atoms with E-state index in [1.807, 2.05) is 0 Å². The molecular formula is C11H15N3O6S. The number of nitrogens with zero attached hydrogens (tertiary/aromatic N) is 2. The average Bonchev–Trinajstić information content (AvgIpc) is 3.08. The second kappa shape index (κ2) is 5.82. The Morgan fingerprint density at radius 3 is 2.90 bits per heavy atom. The molecule has 21 heavy (non-hydrogen) atoms. The Hall–Kier alpha value is -1.94. The fraction of sp³-hybridized carbons (Fsp3) is 0.545. The van der Waals surface area contributed by atoms with Gasteiger partial charge in [0.2, 0.25) is 0 Å². The molecule has 0 spiro atoms. The Kier molecular flexibility index (Phi) is 4.28. The number of esters is 1. The SMILES string of the molecule is CCOC(=O)c1cn[nH]c1S(=O)(=O)N1CCCC1C(=O)O. The molecule has 1 aromatic rings. The van der Waals surface area contributed by atoms with Crippen LogP contribution in [0.15, 0.2) is 11.2 Å². The molecule has 10 heteroatoms. The van der Waals surface area contributed by atoms with Crippen molar-refractivity contribution >= 4 is 22.0 Å². The van der Waals surface area contributed by atoms with Crippen LogP contribution in [0.5, 0.6) is 0 Å². The zero-order chi connectivity index (χ0) is 15.6. The van der Waals surface area contributed by atoms with Gasteiger partial charge in [0.15, 0.2) is 5.03 Å². The number of carboxylic acids is 1. The molecule has 0 amide bonds. The molecule has 9 nitrogen and oxygen atoms in total. The van der Waals surface area contributed by atoms with Gasteiger partial charge in [0.05, 0.1) is 12.8 Å². The van der Waals surface area contributed by atoms with Crippen molar-refractivity contribution in [2.24, 2.45) is 0 Å². The minimum absolute atomic E-state index is 0.0839. The molecule has 116 valence electrons. The van der Waals surface area contributed by atoms with Gasteiger partial charge in [-0.1, -0.05) is 0 Å². The molecule has 2 N–H and O–H groups in total. The number of carboxylic acid groups (broad SMARTS) is 1. The lowest BCUT2D eigenvalue weighted by Crippen LogP contribution is -2.41. The molecule has 0 bridgehead atoms. The van der Waals surface area contributed by atoms with Gasteiger partial charge in [-0.05, 0) is 19.8 Å². The Labute approximate surface area is 120 Å². The van der Waals surface area contributed by atoms with Crippen LogP contribution in [-0.4, -0.2) is 59.2 Å². The summed E-state index contributed by atoms with van der Waals surface area (Å²) in [7, 11) is -4.15. The maximum absolute atomic E-state index is 12.5. The molecule has 0 saturated carbocycles. The van der Waals surface area contributed by atoms with E-state index in [0.29, 0.717) is 6.42 Å². The average molecular weight is 317 g/mol. The third-order valence-electron chi connectivity index (χ3n) is 3.16. The van der Waals surface area contributed by atoms with Crippen molar-refractivity contribution in [1.29, 1.82) is 0 Å². The molecule has 0 radical (unpaired) electrons. The molecule has 0 aromatic carbocycles. The number of H-pyrrole nitrogens is 1. The largest absolute Gasteiger partial charge is 0.480 e. The van der Waals surface area contributed by atoms with Gasteiger partial charge in [0.25, 0.3) is 10.0 Å². The van der Waals surface area contributed by atoms with Crippen molar-refractivity contribution in [3.05, 3.63) is 11.8 Å². The number of carbonyl (C=O) groups excluding carboxylic acids is 1. The minimum Gasteiger partial charge on any atom is -0.480 e. The van der Waals surface area contributed by atoms with E-state index in [4.69, 9.17) is 9.84 Å². The summed E-state index contributed by atoms with van der Waals surface area (Å²) in [4.78, 5) is 22.8. The van der Waals surface area contributed by atoms with Crippen molar-refractivity contribution in [2.45, 2.75) is 30.8 Å². The highest BCUT2D eigenvalue weighted by molar-refractivity contribution is 7.89. The maximum atomic E-state index is 12.5. The zero-order valence-corrected chi connectivity index (χ0v) is 12.1. The van der Waals surface area contributed by atoms with Crippen molar-refractivity contribution in [1.82, 2.24) is 14.5 Å². The highest BCUT2D eigenvalue weighted by Crippen LogP contribution is 2.27. The van der Waals surface area contributed by atoms with Crippen molar-refractivity contribution in [3.63, 3.8) is 0 Å². The minimum atomic E-state index is -4.15. The summed E-state index contributed by atoms with van der Waals surface area (Å²) in [5.74, 6) is -2.04. The van der Waals surface area contributed by atoms with Gasteiger partial charge in [0.1, 0.15) is 11.6 Å². The molecule has 1 fully saturated rings. The number of carbonyl (C=O) groups is 2. The monoisotopic (exact) mass is 317 g/mol. The number of aliphatic carboxylic acids is 1. The maximum Gasteiger partial charge on any atom is 0.342 e. The topological polar surface area (TPSA) is 130 Å². The van der Waals surface area contributed by atoms with E-state index in [2.05, 4.69) is 10.2 Å². The van der Waals surface area contributed by atoms with Crippen LogP contribution in [0, 0.1) is 0 Å². The normalized spacial score (nSPS) is 19.6. The standard InChI is InChI=1S/C11H15N3O6S/c1-2-20-11(17)7-6-12-13-9(7)21(18,19)14-5-3-4-8(14)10(15)16/h6,8H,2-5H2,1H3,(H,12,13)(H,15,16). The first-order chi connectivity index (χ1) is 9.89. The third kappa shape index (κ3) is 2.76. The predicted octanol–water partition coefficient (Wildman–Crippen LogP) is -0.176. The van der Waals surface area contributed by atoms with Gasteiger partial charge >= 0.3 is 11.9 Å². The molecule has 1 unspecified atom stereocenters. The zero-order valence-electron chi connectivity index (χ0n) is 11.3. The molecule has 1 aliphatic heterocycles. The first-order valence-corrected chi connectivity index (χ1v) is 7.78. The number of hydrogen-bond donors (Lipinski definition) is 2. The molecule has 2 heterocycles. The quantitative estimate of drug-likeness (QED) is 0.721. The lowest BCUT2D eigenvalue weighted by molar-refractivity contribution is -0.140. The van der Waals surface area contributed by atoms with Gasteiger partial charge in [0, 0.05) is 6.54 Å². The lowest BCUT2D eigenvalue weighted by atomic mass is 10.2. The van der Waals surface area contributed by atoms with Crippen molar-refractivity contribution in [2.75, 3.05) is 13.2 Å². The van der Waals surface area contributed by atoms with E-state index in [-0.39, 0.29) is 25.1 Å². The number of aromatic nitrogens is 2. The number of hydrogen-bond acceptors (Lipinski definition) is 6. The number of sulfonamides is 1. The molecule has 2 rings (SSSR count). The van der Waals surface area contributed by atoms with Gasteiger partial charge in [-0.3, -0.25) is 9.89 Å². The number of aromatic amines is 1. The fourth-order valence-electron chi connectivity index (χ4n) is 2.22. The van der Waals surface area contributed by atoms with Crippen molar-refractivity contribution < 1.29 is 27.9 Å². The highest BCUT2D eigenvalue weighted by atomic mass is 32.2. The van der Waals surface area contributed by atoms with Gasteiger partial charge in [-0.15, -0.1) is 0 Å². The van der Waals surface area contributed by atoms with E-state index >= 15 is 0 Å². The second-order valence-electron chi connectivity index (χ2n) is 4.45. The second-order valence-corrected chi connectivity index (χ2v) is 6.27. The van der Waals surface area contributed by atoms with E-state index in [1.165, 1.54) is 0 Å². The molecular weight excluding hydrogens is 302 g/mol. The highest BCUT2D eigenvalue weighted by Gasteiger charge is 2.42. The molecule has 0 aliphatic carbocycles. The Bertz CT molecular complexity index is 653. The van der Waals surface area contributed by atoms with E-state index in [1.54, 1.807) is 6.92 Å². The van der Waals surface area contributed by atoms with Crippen LogP contribution < -0.4 is 0 Å². The summed E-state index contributed by atoms with van der Waals surface area (Å²) >= 11 is 0. The first kappa shape index (κ1) is 15.4. The van der Waals surface area contributed by atoms with Gasteiger partial charge < -0.3 is 9.84 Å². The summed E-state index contributed by atoms with van der Waals surface area (Å²) in [6, 6.07) is -1.13. The van der Waals surface area contributed by atoms with Gasteiger partial charge in [-0.2, -0.15) is 9.40 Å². The first-order valence-electron chi connectivity index (χ1n) is 6.34. The lowest BCUT2D eigenvalue weighted by Gasteiger charge is -2.20. The Balaban J connectivity index is 2.39. The summed E-state index contributed by atoms with van der Waals surface area (Å²) in [6.45, 7) is 1.76. The third-order valence-corrected chi connectivity index (χ3v) is 5.04. The van der Waals surface area contributed by atoms with E-state index < -0.39 is 33.0 Å². The summed E-state index contributed by atoms with van der Waals surface area (Å²) < 4.78 is 30.7. The molecule has 1 saturated heterocycles. The number of nitrogens with one attached hydrogen (secondary N) is 1. The predicted molar refractivity (Wildman–Crippen MR) is 69.1 cm³/mol. The van der Waals surface area contributed by atoms with Crippen LogP contribution in [0.2, 0.25) is 0 Å². The van der Waals surface area contributed by atoms with Crippen LogP contribution in [0.25, 0.3) is 0 Å². The van der Waals surface area contributed by atoms with Crippen molar-refractivity contribution in [3.8, 4) is 0 Å². The smallest absolute Gasteiger partial charge is 0.342 e. The Morgan fingerprint density at radius 2 is 2.29 bits per heavy atom. The molecule has 1 aromatic heterocycles. The van der Waals surface area contributed by atoms with Gasteiger partial charge in [-0.25, -0.2) is 13.2 Å². The van der Waals surface area contributed by atoms with E-state index in [0.717, 1.165) is 10.5 Å². The number of ether oxygens (including phenoxy) is 1. The van der Waals surface area contributed by atoms with Crippen LogP contribution >= 0.6 is 0 Å².